The molecule has 1 N–H and O–H groups in total. The molecule has 112 valence electrons. The molecule has 1 aromatic rings. The Morgan fingerprint density at radius 1 is 1.45 bits per heavy atom. The zero-order valence-electron chi connectivity index (χ0n) is 11.5. The summed E-state index contributed by atoms with van der Waals surface area (Å²) in [6.45, 7) is 3.11. The van der Waals surface area contributed by atoms with Gasteiger partial charge in [0.15, 0.2) is 0 Å². The molecular weight excluding hydrogens is 342 g/mol. The van der Waals surface area contributed by atoms with Crippen LogP contribution in [0.25, 0.3) is 0 Å². The third-order valence-corrected chi connectivity index (χ3v) is 6.57. The number of sulfonamides is 1. The first-order chi connectivity index (χ1) is 9.45. The third-order valence-electron chi connectivity index (χ3n) is 3.72. The molecule has 1 aromatic carbocycles. The van der Waals surface area contributed by atoms with Crippen LogP contribution in [-0.2, 0) is 10.0 Å². The van der Waals surface area contributed by atoms with Crippen molar-refractivity contribution in [2.75, 3.05) is 19.7 Å². The van der Waals surface area contributed by atoms with Crippen LogP contribution in [0.4, 0.5) is 0 Å². The van der Waals surface area contributed by atoms with Crippen LogP contribution in [0.15, 0.2) is 27.6 Å². The number of rotatable bonds is 4. The van der Waals surface area contributed by atoms with Gasteiger partial charge >= 0.3 is 0 Å². The lowest BCUT2D eigenvalue weighted by molar-refractivity contribution is 0.203. The second-order valence-electron chi connectivity index (χ2n) is 5.32. The van der Waals surface area contributed by atoms with Crippen molar-refractivity contribution in [1.82, 2.24) is 4.31 Å². The van der Waals surface area contributed by atoms with Crippen molar-refractivity contribution in [2.45, 2.75) is 31.1 Å². The number of aliphatic hydroxyl groups excluding tert-OH is 1. The lowest BCUT2D eigenvalue weighted by Gasteiger charge is -2.31. The minimum Gasteiger partial charge on any atom is -0.396 e. The van der Waals surface area contributed by atoms with E-state index in [2.05, 4.69) is 15.9 Å². The Bertz CT molecular complexity index is 572. The topological polar surface area (TPSA) is 57.6 Å². The standard InChI is InChI=1S/C14H20BrNO3S/c1-11-4-5-14(13(15)9-11)20(18,19)16-7-2-3-12(10-16)6-8-17/h4-5,9,12,17H,2-3,6-8,10H2,1H3. The van der Waals surface area contributed by atoms with E-state index in [0.717, 1.165) is 18.4 Å². The number of aryl methyl sites for hydroxylation is 1. The van der Waals surface area contributed by atoms with E-state index >= 15 is 0 Å². The Kier molecular flexibility index (Phi) is 5.23. The molecule has 4 nitrogen and oxygen atoms in total. The molecule has 0 aromatic heterocycles. The van der Waals surface area contributed by atoms with Gasteiger partial charge in [0.25, 0.3) is 0 Å². The van der Waals surface area contributed by atoms with Gasteiger partial charge in [0.05, 0.1) is 4.90 Å². The maximum absolute atomic E-state index is 12.7. The van der Waals surface area contributed by atoms with E-state index in [9.17, 15) is 8.42 Å². The minimum atomic E-state index is -3.46. The average molecular weight is 362 g/mol. The van der Waals surface area contributed by atoms with Gasteiger partial charge in [0.2, 0.25) is 10.0 Å². The number of hydrogen-bond donors (Lipinski definition) is 1. The zero-order chi connectivity index (χ0) is 14.8. The highest BCUT2D eigenvalue weighted by Gasteiger charge is 2.31. The van der Waals surface area contributed by atoms with E-state index in [4.69, 9.17) is 5.11 Å². The predicted molar refractivity (Wildman–Crippen MR) is 82.1 cm³/mol. The quantitative estimate of drug-likeness (QED) is 0.896. The Labute approximate surface area is 129 Å². The molecule has 0 radical (unpaired) electrons. The molecule has 1 atom stereocenters. The van der Waals surface area contributed by atoms with Gasteiger partial charge in [-0.3, -0.25) is 0 Å². The van der Waals surface area contributed by atoms with Crippen molar-refractivity contribution >= 4 is 26.0 Å². The van der Waals surface area contributed by atoms with Crippen LogP contribution in [-0.4, -0.2) is 37.5 Å². The van der Waals surface area contributed by atoms with Crippen molar-refractivity contribution in [3.05, 3.63) is 28.2 Å². The Balaban J connectivity index is 2.25. The Hall–Kier alpha value is -0.430. The van der Waals surface area contributed by atoms with Crippen LogP contribution in [0.3, 0.4) is 0 Å². The predicted octanol–water partition coefficient (Wildman–Crippen LogP) is 2.54. The molecule has 0 bridgehead atoms. The van der Waals surface area contributed by atoms with Gasteiger partial charge in [-0.05, 0) is 65.7 Å². The highest BCUT2D eigenvalue weighted by molar-refractivity contribution is 9.10. The molecule has 1 fully saturated rings. The van der Waals surface area contributed by atoms with Gasteiger partial charge in [-0.1, -0.05) is 6.07 Å². The largest absolute Gasteiger partial charge is 0.396 e. The second-order valence-corrected chi connectivity index (χ2v) is 8.08. The van der Waals surface area contributed by atoms with Gasteiger partial charge in [-0.25, -0.2) is 8.42 Å². The number of nitrogens with zero attached hydrogens (tertiary/aromatic N) is 1. The number of halogens is 1. The summed E-state index contributed by atoms with van der Waals surface area (Å²) in [6, 6.07) is 5.29. The van der Waals surface area contributed by atoms with E-state index in [-0.39, 0.29) is 12.5 Å². The number of aliphatic hydroxyl groups is 1. The third kappa shape index (κ3) is 3.42. The molecule has 0 saturated carbocycles. The molecule has 0 aliphatic carbocycles. The molecule has 1 saturated heterocycles. The summed E-state index contributed by atoms with van der Waals surface area (Å²) in [4.78, 5) is 0.327. The Morgan fingerprint density at radius 3 is 2.85 bits per heavy atom. The molecule has 2 rings (SSSR count). The molecule has 0 amide bonds. The first-order valence-electron chi connectivity index (χ1n) is 6.82. The molecular formula is C14H20BrNO3S. The highest BCUT2D eigenvalue weighted by Crippen LogP contribution is 2.29. The van der Waals surface area contributed by atoms with Crippen LogP contribution >= 0.6 is 15.9 Å². The molecule has 6 heteroatoms. The number of piperidine rings is 1. The Morgan fingerprint density at radius 2 is 2.20 bits per heavy atom. The fourth-order valence-electron chi connectivity index (χ4n) is 2.62. The van der Waals surface area contributed by atoms with Gasteiger partial charge in [0, 0.05) is 24.2 Å². The van der Waals surface area contributed by atoms with E-state index in [1.54, 1.807) is 10.4 Å². The summed E-state index contributed by atoms with van der Waals surface area (Å²) in [6.07, 6.45) is 2.51. The monoisotopic (exact) mass is 361 g/mol. The summed E-state index contributed by atoms with van der Waals surface area (Å²) in [5.74, 6) is 0.257. The van der Waals surface area contributed by atoms with Gasteiger partial charge in [0.1, 0.15) is 0 Å². The maximum atomic E-state index is 12.7. The zero-order valence-corrected chi connectivity index (χ0v) is 14.0. The van der Waals surface area contributed by atoms with E-state index in [1.807, 2.05) is 19.1 Å². The first-order valence-corrected chi connectivity index (χ1v) is 9.05. The van der Waals surface area contributed by atoms with Crippen LogP contribution in [0, 0.1) is 12.8 Å². The fraction of sp³-hybridized carbons (Fsp3) is 0.571. The van der Waals surface area contributed by atoms with E-state index in [0.29, 0.717) is 28.9 Å². The fourth-order valence-corrected chi connectivity index (χ4v) is 5.32. The molecule has 1 aliphatic rings. The summed E-state index contributed by atoms with van der Waals surface area (Å²) in [5.41, 5.74) is 1.02. The van der Waals surface area contributed by atoms with Gasteiger partial charge in [-0.2, -0.15) is 4.31 Å². The lowest BCUT2D eigenvalue weighted by Crippen LogP contribution is -2.40. The van der Waals surface area contributed by atoms with Crippen molar-refractivity contribution in [2.24, 2.45) is 5.92 Å². The summed E-state index contributed by atoms with van der Waals surface area (Å²) in [5, 5.41) is 9.02. The molecule has 1 aliphatic heterocycles. The second kappa shape index (κ2) is 6.56. The SMILES string of the molecule is Cc1ccc(S(=O)(=O)N2CCCC(CCO)C2)c(Br)c1. The molecule has 0 spiro atoms. The summed E-state index contributed by atoms with van der Waals surface area (Å²) < 4.78 is 27.6. The summed E-state index contributed by atoms with van der Waals surface area (Å²) >= 11 is 3.35. The van der Waals surface area contributed by atoms with Crippen molar-refractivity contribution in [1.29, 1.82) is 0 Å². The van der Waals surface area contributed by atoms with Crippen molar-refractivity contribution in [3.8, 4) is 0 Å². The van der Waals surface area contributed by atoms with Crippen molar-refractivity contribution < 1.29 is 13.5 Å². The smallest absolute Gasteiger partial charge is 0.244 e. The normalized spacial score (nSPS) is 21.1. The average Bonchev–Trinajstić information content (AvgIpc) is 2.39. The number of benzene rings is 1. The highest BCUT2D eigenvalue weighted by atomic mass is 79.9. The van der Waals surface area contributed by atoms with Crippen LogP contribution < -0.4 is 0 Å². The summed E-state index contributed by atoms with van der Waals surface area (Å²) in [7, 11) is -3.46. The van der Waals surface area contributed by atoms with Crippen LogP contribution in [0.1, 0.15) is 24.8 Å². The maximum Gasteiger partial charge on any atom is 0.244 e. The van der Waals surface area contributed by atoms with Crippen LogP contribution in [0.2, 0.25) is 0 Å². The lowest BCUT2D eigenvalue weighted by atomic mass is 9.97. The molecule has 1 heterocycles. The minimum absolute atomic E-state index is 0.118. The van der Waals surface area contributed by atoms with E-state index < -0.39 is 10.0 Å². The van der Waals surface area contributed by atoms with E-state index in [1.165, 1.54) is 0 Å². The molecule has 1 unspecified atom stereocenters. The van der Waals surface area contributed by atoms with Gasteiger partial charge in [-0.15, -0.1) is 0 Å². The molecule has 20 heavy (non-hydrogen) atoms. The number of hydrogen-bond acceptors (Lipinski definition) is 3. The van der Waals surface area contributed by atoms with Crippen molar-refractivity contribution in [3.63, 3.8) is 0 Å². The van der Waals surface area contributed by atoms with Gasteiger partial charge < -0.3 is 5.11 Å². The van der Waals surface area contributed by atoms with Crippen LogP contribution in [0.5, 0.6) is 0 Å². The first kappa shape index (κ1) is 15.9.